The second-order valence-electron chi connectivity index (χ2n) is 4.40. The largest absolute Gasteiger partial charge is 0.383 e. The summed E-state index contributed by atoms with van der Waals surface area (Å²) >= 11 is 9.76. The van der Waals surface area contributed by atoms with Crippen LogP contribution in [-0.4, -0.2) is 16.3 Å². The number of nitrogens with zero attached hydrogens (tertiary/aromatic N) is 2. The number of aromatic nitrogens is 2. The van der Waals surface area contributed by atoms with Gasteiger partial charge in [0, 0.05) is 27.2 Å². The van der Waals surface area contributed by atoms with Gasteiger partial charge >= 0.3 is 0 Å². The van der Waals surface area contributed by atoms with Gasteiger partial charge < -0.3 is 5.73 Å². The molecule has 104 valence electrons. The van der Waals surface area contributed by atoms with Crippen molar-refractivity contribution < 1.29 is 4.79 Å². The van der Waals surface area contributed by atoms with Gasteiger partial charge in [0.1, 0.15) is 5.82 Å². The van der Waals surface area contributed by atoms with Crippen LogP contribution in [0.1, 0.15) is 10.4 Å². The van der Waals surface area contributed by atoms with Crippen molar-refractivity contribution in [2.75, 3.05) is 5.73 Å². The maximum atomic E-state index is 11.5. The highest BCUT2D eigenvalue weighted by Crippen LogP contribution is 2.39. The maximum Gasteiger partial charge on any atom is 0.154 e. The van der Waals surface area contributed by atoms with Crippen LogP contribution >= 0.6 is 27.5 Å². The average Bonchev–Trinajstić information content (AvgIpc) is 2.49. The van der Waals surface area contributed by atoms with Crippen LogP contribution in [0.5, 0.6) is 0 Å². The third kappa shape index (κ3) is 2.28. The summed E-state index contributed by atoms with van der Waals surface area (Å²) in [6.45, 7) is 0. The van der Waals surface area contributed by atoms with Crippen molar-refractivity contribution in [3.63, 3.8) is 0 Å². The van der Waals surface area contributed by atoms with Gasteiger partial charge in [0.15, 0.2) is 6.29 Å². The Morgan fingerprint density at radius 3 is 2.86 bits per heavy atom. The molecule has 1 aromatic carbocycles. The number of halogens is 2. The minimum absolute atomic E-state index is 0.163. The molecule has 0 spiro atoms. The van der Waals surface area contributed by atoms with Crippen LogP contribution in [0.15, 0.2) is 41.1 Å². The zero-order chi connectivity index (χ0) is 15.0. The number of aldehydes is 1. The van der Waals surface area contributed by atoms with Crippen LogP contribution in [0.25, 0.3) is 22.0 Å². The van der Waals surface area contributed by atoms with Crippen molar-refractivity contribution in [2.24, 2.45) is 0 Å². The Balaban J connectivity index is 2.50. The summed E-state index contributed by atoms with van der Waals surface area (Å²) in [5.74, 6) is 0.163. The minimum atomic E-state index is 0.163. The quantitative estimate of drug-likeness (QED) is 0.697. The number of carbonyl (C=O) groups excluding carboxylic acids is 1. The highest BCUT2D eigenvalue weighted by atomic mass is 79.9. The third-order valence-corrected chi connectivity index (χ3v) is 4.49. The van der Waals surface area contributed by atoms with Gasteiger partial charge in [0.25, 0.3) is 0 Å². The van der Waals surface area contributed by atoms with Crippen molar-refractivity contribution in [1.82, 2.24) is 9.97 Å². The number of rotatable bonds is 2. The lowest BCUT2D eigenvalue weighted by Crippen LogP contribution is -2.01. The number of nitrogens with two attached hydrogens (primary N) is 1. The molecule has 0 aliphatic rings. The molecule has 2 aromatic heterocycles. The fourth-order valence-corrected chi connectivity index (χ4v) is 2.84. The zero-order valence-corrected chi connectivity index (χ0v) is 13.0. The highest BCUT2D eigenvalue weighted by molar-refractivity contribution is 9.10. The first kappa shape index (κ1) is 14.0. The Kier molecular flexibility index (Phi) is 3.61. The molecular weight excluding hydrogens is 354 g/mol. The normalized spacial score (nSPS) is 10.8. The molecule has 0 radical (unpaired) electrons. The second kappa shape index (κ2) is 5.42. The molecule has 0 unspecified atom stereocenters. The van der Waals surface area contributed by atoms with Crippen LogP contribution in [0.3, 0.4) is 0 Å². The molecule has 0 aliphatic carbocycles. The van der Waals surface area contributed by atoms with E-state index in [1.165, 1.54) is 0 Å². The second-order valence-corrected chi connectivity index (χ2v) is 5.63. The Morgan fingerprint density at radius 2 is 2.10 bits per heavy atom. The molecule has 21 heavy (non-hydrogen) atoms. The van der Waals surface area contributed by atoms with Gasteiger partial charge in [-0.3, -0.25) is 9.78 Å². The van der Waals surface area contributed by atoms with E-state index >= 15 is 0 Å². The fraction of sp³-hybridized carbons (Fsp3) is 0. The molecule has 0 atom stereocenters. The van der Waals surface area contributed by atoms with Crippen molar-refractivity contribution in [3.05, 3.63) is 51.7 Å². The van der Waals surface area contributed by atoms with Crippen LogP contribution in [0.4, 0.5) is 5.82 Å². The molecule has 2 heterocycles. The molecule has 3 rings (SSSR count). The van der Waals surface area contributed by atoms with E-state index in [2.05, 4.69) is 25.9 Å². The van der Waals surface area contributed by atoms with E-state index in [0.29, 0.717) is 28.0 Å². The number of fused-ring (bicyclic) bond motifs is 1. The number of pyridine rings is 2. The van der Waals surface area contributed by atoms with Gasteiger partial charge in [-0.1, -0.05) is 23.7 Å². The summed E-state index contributed by atoms with van der Waals surface area (Å²) in [5.41, 5.74) is 8.23. The topological polar surface area (TPSA) is 68.9 Å². The minimum Gasteiger partial charge on any atom is -0.383 e. The molecular formula is C15H9BrClN3O. The summed E-state index contributed by atoms with van der Waals surface area (Å²) in [4.78, 5) is 19.7. The lowest BCUT2D eigenvalue weighted by molar-refractivity contribution is 0.112. The molecule has 3 aromatic rings. The molecule has 0 fully saturated rings. The summed E-state index contributed by atoms with van der Waals surface area (Å²) in [6, 6.07) is 7.32. The average molecular weight is 363 g/mol. The van der Waals surface area contributed by atoms with Gasteiger partial charge in [-0.05, 0) is 28.1 Å². The lowest BCUT2D eigenvalue weighted by atomic mass is 9.97. The molecule has 0 saturated heterocycles. The SMILES string of the molecule is Nc1nc2cnccc2c(-c2cccc(Br)c2Cl)c1C=O. The smallest absolute Gasteiger partial charge is 0.154 e. The molecule has 4 nitrogen and oxygen atoms in total. The number of benzene rings is 1. The van der Waals surface area contributed by atoms with Crippen molar-refractivity contribution in [3.8, 4) is 11.1 Å². The van der Waals surface area contributed by atoms with E-state index in [1.807, 2.05) is 18.2 Å². The summed E-state index contributed by atoms with van der Waals surface area (Å²) in [7, 11) is 0. The third-order valence-electron chi connectivity index (χ3n) is 3.19. The van der Waals surface area contributed by atoms with Crippen LogP contribution in [0.2, 0.25) is 5.02 Å². The van der Waals surface area contributed by atoms with Crippen molar-refractivity contribution >= 4 is 50.5 Å². The van der Waals surface area contributed by atoms with Gasteiger partial charge in [0.05, 0.1) is 22.3 Å². The lowest BCUT2D eigenvalue weighted by Gasteiger charge is -2.13. The maximum absolute atomic E-state index is 11.5. The van der Waals surface area contributed by atoms with E-state index in [0.717, 1.165) is 15.4 Å². The first-order valence-corrected chi connectivity index (χ1v) is 7.23. The predicted molar refractivity (Wildman–Crippen MR) is 87.5 cm³/mol. The van der Waals surface area contributed by atoms with Gasteiger partial charge in [0.2, 0.25) is 0 Å². The fourth-order valence-electron chi connectivity index (χ4n) is 2.26. The number of carbonyl (C=O) groups is 1. The first-order chi connectivity index (χ1) is 10.1. The van der Waals surface area contributed by atoms with Crippen LogP contribution in [0, 0.1) is 0 Å². The number of hydrogen-bond acceptors (Lipinski definition) is 4. The van der Waals surface area contributed by atoms with Crippen LogP contribution in [-0.2, 0) is 0 Å². The molecule has 0 saturated carbocycles. The summed E-state index contributed by atoms with van der Waals surface area (Å²) in [5, 5.41) is 1.30. The summed E-state index contributed by atoms with van der Waals surface area (Å²) < 4.78 is 0.746. The predicted octanol–water partition coefficient (Wildman–Crippen LogP) is 4.11. The Morgan fingerprint density at radius 1 is 1.29 bits per heavy atom. The molecule has 6 heteroatoms. The summed E-state index contributed by atoms with van der Waals surface area (Å²) in [6.07, 6.45) is 3.95. The Labute approximate surface area is 134 Å². The van der Waals surface area contributed by atoms with E-state index < -0.39 is 0 Å². The number of hydrogen-bond donors (Lipinski definition) is 1. The van der Waals surface area contributed by atoms with E-state index in [4.69, 9.17) is 17.3 Å². The molecule has 0 aliphatic heterocycles. The highest BCUT2D eigenvalue weighted by Gasteiger charge is 2.17. The van der Waals surface area contributed by atoms with Gasteiger partial charge in [-0.25, -0.2) is 4.98 Å². The standard InChI is InChI=1S/C15H9BrClN3O/c16-11-3-1-2-9(14(11)17)13-8-4-5-19-6-12(8)20-15(18)10(13)7-21/h1-7H,(H2,18,20). The Hall–Kier alpha value is -1.98. The monoisotopic (exact) mass is 361 g/mol. The van der Waals surface area contributed by atoms with Crippen LogP contribution < -0.4 is 5.73 Å². The molecule has 0 amide bonds. The van der Waals surface area contributed by atoms with Crippen molar-refractivity contribution in [2.45, 2.75) is 0 Å². The van der Waals surface area contributed by atoms with Gasteiger partial charge in [-0.2, -0.15) is 0 Å². The van der Waals surface area contributed by atoms with Gasteiger partial charge in [-0.15, -0.1) is 0 Å². The first-order valence-electron chi connectivity index (χ1n) is 6.06. The Bertz CT molecular complexity index is 867. The van der Waals surface area contributed by atoms with E-state index in [9.17, 15) is 4.79 Å². The number of anilines is 1. The molecule has 0 bridgehead atoms. The number of nitrogen functional groups attached to an aromatic ring is 1. The van der Waals surface area contributed by atoms with Crippen molar-refractivity contribution in [1.29, 1.82) is 0 Å². The molecule has 2 N–H and O–H groups in total. The van der Waals surface area contributed by atoms with E-state index in [1.54, 1.807) is 18.5 Å². The van der Waals surface area contributed by atoms with E-state index in [-0.39, 0.29) is 5.82 Å². The zero-order valence-electron chi connectivity index (χ0n) is 10.7.